The van der Waals surface area contributed by atoms with Crippen molar-refractivity contribution in [2.75, 3.05) is 13.2 Å². The van der Waals surface area contributed by atoms with Crippen LogP contribution in [0.5, 0.6) is 0 Å². The lowest BCUT2D eigenvalue weighted by molar-refractivity contribution is 0.285. The Hall–Kier alpha value is 0.0938. The Labute approximate surface area is 154 Å². The van der Waals surface area contributed by atoms with E-state index in [9.17, 15) is 0 Å². The molecular weight excluding hydrogens is 328 g/mol. The van der Waals surface area contributed by atoms with E-state index in [0.29, 0.717) is 0 Å². The minimum absolute atomic E-state index is 0.345. The lowest BCUT2D eigenvalue weighted by Crippen LogP contribution is -2.22. The average molecular weight is 369 g/mol. The number of unbranched alkanes of at least 4 members (excludes halogenated alkanes) is 6. The van der Waals surface area contributed by atoms with E-state index in [1.807, 2.05) is 6.08 Å². The second-order valence-corrected chi connectivity index (χ2v) is 11.7. The molecule has 0 aromatic carbocycles. The van der Waals surface area contributed by atoms with Crippen LogP contribution in [0.1, 0.15) is 77.6 Å². The first-order valence-corrected chi connectivity index (χ1v) is 14.1. The highest BCUT2D eigenvalue weighted by Crippen LogP contribution is 2.17. The zero-order valence-corrected chi connectivity index (χ0v) is 18.1. The molecule has 140 valence electrons. The van der Waals surface area contributed by atoms with E-state index in [2.05, 4.69) is 13.5 Å². The lowest BCUT2D eigenvalue weighted by Gasteiger charge is -2.19. The molecule has 0 bridgehead atoms. The summed E-state index contributed by atoms with van der Waals surface area (Å²) in [4.78, 5) is 0. The van der Waals surface area contributed by atoms with Gasteiger partial charge in [0.1, 0.15) is 0 Å². The van der Waals surface area contributed by atoms with Gasteiger partial charge < -0.3 is 8.85 Å². The van der Waals surface area contributed by atoms with Crippen LogP contribution < -0.4 is 0 Å². The van der Waals surface area contributed by atoms with Gasteiger partial charge >= 0.3 is 0 Å². The monoisotopic (exact) mass is 368 g/mol. The Morgan fingerprint density at radius 2 is 1.38 bits per heavy atom. The first-order chi connectivity index (χ1) is 11.9. The van der Waals surface area contributed by atoms with Gasteiger partial charge in [-0.1, -0.05) is 70.8 Å². The van der Waals surface area contributed by atoms with Crippen LogP contribution in [0.15, 0.2) is 12.7 Å². The zero-order valence-electron chi connectivity index (χ0n) is 16.1. The topological polar surface area (TPSA) is 18.5 Å². The van der Waals surface area contributed by atoms with E-state index >= 15 is 0 Å². The second-order valence-electron chi connectivity index (χ2n) is 7.05. The summed E-state index contributed by atoms with van der Waals surface area (Å²) >= 11 is 0. The molecule has 0 atom stereocenters. The molecule has 0 aromatic rings. The lowest BCUT2D eigenvalue weighted by atomic mass is 10.1. The number of allylic oxidation sites excluding steroid dienone is 1. The van der Waals surface area contributed by atoms with Gasteiger partial charge in [0.05, 0.1) is 0 Å². The quantitative estimate of drug-likeness (QED) is 0.248. The Morgan fingerprint density at radius 1 is 0.792 bits per heavy atom. The molecule has 2 heterocycles. The van der Waals surface area contributed by atoms with Crippen LogP contribution in [0.25, 0.3) is 0 Å². The Balaban J connectivity index is 0.000000272. The van der Waals surface area contributed by atoms with E-state index in [1.165, 1.54) is 88.8 Å². The Bertz CT molecular complexity index is 275. The molecule has 0 aliphatic carbocycles. The summed E-state index contributed by atoms with van der Waals surface area (Å²) < 4.78 is 11.4. The SMILES string of the molecule is C=CC[Si]1CCCCO1.CCCCCCCCC[Si]1CCCCO1. The highest BCUT2D eigenvalue weighted by Gasteiger charge is 2.16. The second kappa shape index (κ2) is 16.6. The van der Waals surface area contributed by atoms with Crippen molar-refractivity contribution in [2.24, 2.45) is 0 Å². The van der Waals surface area contributed by atoms with Crippen LogP contribution in [0.3, 0.4) is 0 Å². The van der Waals surface area contributed by atoms with Crippen molar-refractivity contribution < 1.29 is 8.85 Å². The molecule has 4 heteroatoms. The van der Waals surface area contributed by atoms with Crippen molar-refractivity contribution in [3.8, 4) is 0 Å². The normalized spacial score (nSPS) is 19.5. The fraction of sp³-hybridized carbons (Fsp3) is 0.900. The average Bonchev–Trinajstić information content (AvgIpc) is 2.64. The van der Waals surface area contributed by atoms with E-state index < -0.39 is 9.04 Å². The van der Waals surface area contributed by atoms with Crippen molar-refractivity contribution >= 4 is 18.1 Å². The van der Waals surface area contributed by atoms with Gasteiger partial charge in [-0.15, -0.1) is 6.58 Å². The molecule has 0 saturated carbocycles. The van der Waals surface area contributed by atoms with E-state index in [1.54, 1.807) is 0 Å². The van der Waals surface area contributed by atoms with Gasteiger partial charge in [-0.2, -0.15) is 0 Å². The van der Waals surface area contributed by atoms with Gasteiger partial charge in [0.2, 0.25) is 18.1 Å². The summed E-state index contributed by atoms with van der Waals surface area (Å²) in [6.07, 6.45) is 17.4. The largest absolute Gasteiger partial charge is 0.417 e. The van der Waals surface area contributed by atoms with Crippen molar-refractivity contribution in [1.82, 2.24) is 0 Å². The summed E-state index contributed by atoms with van der Waals surface area (Å²) in [5.41, 5.74) is 0. The zero-order chi connectivity index (χ0) is 17.3. The molecule has 0 spiro atoms. The van der Waals surface area contributed by atoms with Gasteiger partial charge in [-0.3, -0.25) is 0 Å². The third-order valence-electron chi connectivity index (χ3n) is 4.74. The van der Waals surface area contributed by atoms with Gasteiger partial charge in [0, 0.05) is 13.2 Å². The van der Waals surface area contributed by atoms with Crippen molar-refractivity contribution in [3.63, 3.8) is 0 Å². The van der Waals surface area contributed by atoms with Crippen molar-refractivity contribution in [3.05, 3.63) is 12.7 Å². The molecule has 2 rings (SSSR count). The predicted molar refractivity (Wildman–Crippen MR) is 109 cm³/mol. The molecule has 2 radical (unpaired) electrons. The van der Waals surface area contributed by atoms with E-state index in [0.717, 1.165) is 19.3 Å². The standard InChI is InChI=1S/C13H27OSi.C7H13OSi/c1-2-3-4-5-6-7-9-12-15-13-10-8-11-14-15;1-2-6-9-7-4-3-5-8-9/h2-13H2,1H3;2H,1,3-7H2. The van der Waals surface area contributed by atoms with Crippen LogP contribution in [-0.2, 0) is 8.85 Å². The minimum Gasteiger partial charge on any atom is -0.417 e. The summed E-state index contributed by atoms with van der Waals surface area (Å²) in [7, 11) is -0.762. The maximum Gasteiger partial charge on any atom is 0.215 e. The third-order valence-corrected chi connectivity index (χ3v) is 9.45. The first kappa shape index (κ1) is 22.1. The Morgan fingerprint density at radius 3 is 1.92 bits per heavy atom. The molecule has 0 unspecified atom stereocenters. The molecule has 0 amide bonds. The molecular formula is C20H40O2Si2. The summed E-state index contributed by atoms with van der Waals surface area (Å²) in [5.74, 6) is 0. The maximum absolute atomic E-state index is 5.82. The smallest absolute Gasteiger partial charge is 0.215 e. The first-order valence-electron chi connectivity index (χ1n) is 10.4. The van der Waals surface area contributed by atoms with Crippen molar-refractivity contribution in [2.45, 2.75) is 102 Å². The molecule has 0 aromatic heterocycles. The van der Waals surface area contributed by atoms with Gasteiger partial charge in [0.25, 0.3) is 0 Å². The van der Waals surface area contributed by atoms with Gasteiger partial charge in [-0.25, -0.2) is 0 Å². The maximum atomic E-state index is 5.82. The van der Waals surface area contributed by atoms with Gasteiger partial charge in [-0.05, 0) is 37.0 Å². The molecule has 2 aliphatic heterocycles. The summed E-state index contributed by atoms with van der Waals surface area (Å²) in [6, 6.07) is 5.29. The van der Waals surface area contributed by atoms with Crippen LogP contribution in [0.4, 0.5) is 0 Å². The minimum atomic E-state index is -0.417. The van der Waals surface area contributed by atoms with Crippen LogP contribution in [0.2, 0.25) is 24.2 Å². The highest BCUT2D eigenvalue weighted by atomic mass is 28.3. The number of hydrogen-bond acceptors (Lipinski definition) is 2. The molecule has 2 saturated heterocycles. The van der Waals surface area contributed by atoms with Crippen LogP contribution >= 0.6 is 0 Å². The van der Waals surface area contributed by atoms with Crippen molar-refractivity contribution in [1.29, 1.82) is 0 Å². The summed E-state index contributed by atoms with van der Waals surface area (Å²) in [5, 5.41) is 0. The summed E-state index contributed by atoms with van der Waals surface area (Å²) in [6.45, 7) is 8.04. The number of hydrogen-bond donors (Lipinski definition) is 0. The number of rotatable bonds is 10. The van der Waals surface area contributed by atoms with Crippen LogP contribution in [-0.4, -0.2) is 31.3 Å². The third kappa shape index (κ3) is 12.5. The predicted octanol–water partition coefficient (Wildman–Crippen LogP) is 6.51. The molecule has 2 fully saturated rings. The fourth-order valence-electron chi connectivity index (χ4n) is 3.22. The Kier molecular flexibility index (Phi) is 15.3. The fourth-order valence-corrected chi connectivity index (χ4v) is 7.35. The molecule has 2 aliphatic rings. The molecule has 0 N–H and O–H groups in total. The molecule has 2 nitrogen and oxygen atoms in total. The molecule has 24 heavy (non-hydrogen) atoms. The van der Waals surface area contributed by atoms with E-state index in [4.69, 9.17) is 8.85 Å². The van der Waals surface area contributed by atoms with Crippen LogP contribution in [0, 0.1) is 0 Å². The van der Waals surface area contributed by atoms with E-state index in [-0.39, 0.29) is 9.04 Å². The van der Waals surface area contributed by atoms with Gasteiger partial charge in [0.15, 0.2) is 0 Å². The highest BCUT2D eigenvalue weighted by molar-refractivity contribution is 6.52.